The highest BCUT2D eigenvalue weighted by Gasteiger charge is 2.70. The van der Waals surface area contributed by atoms with Crippen LogP contribution in [0.4, 0.5) is 13.2 Å². The Balaban J connectivity index is 1.50. The van der Waals surface area contributed by atoms with Gasteiger partial charge in [-0.05, 0) is 50.3 Å². The summed E-state index contributed by atoms with van der Waals surface area (Å²) in [5.41, 5.74) is -3.54. The summed E-state index contributed by atoms with van der Waals surface area (Å²) in [7, 11) is -4.09. The lowest BCUT2D eigenvalue weighted by atomic mass is 10.0. The van der Waals surface area contributed by atoms with E-state index < -0.39 is 51.0 Å². The van der Waals surface area contributed by atoms with Gasteiger partial charge in [-0.1, -0.05) is 18.2 Å². The van der Waals surface area contributed by atoms with Crippen molar-refractivity contribution in [3.05, 3.63) is 42.7 Å². The molecule has 2 unspecified atom stereocenters. The molecule has 1 heterocycles. The molecule has 3 aliphatic rings. The number of carbonyl (C=O) groups is 2. The molecule has 1 aromatic carbocycles. The van der Waals surface area contributed by atoms with Gasteiger partial charge in [0.05, 0.1) is 6.07 Å². The van der Waals surface area contributed by atoms with Crippen LogP contribution < -0.4 is 5.32 Å². The zero-order valence-electron chi connectivity index (χ0n) is 17.9. The molecule has 4 rings (SSSR count). The van der Waals surface area contributed by atoms with E-state index in [-0.39, 0.29) is 30.7 Å². The number of alkyl halides is 3. The highest BCUT2D eigenvalue weighted by Crippen LogP contribution is 2.59. The van der Waals surface area contributed by atoms with Crippen LogP contribution in [0.2, 0.25) is 0 Å². The first-order valence-electron chi connectivity index (χ1n) is 10.7. The van der Waals surface area contributed by atoms with Crippen LogP contribution in [0.15, 0.2) is 47.6 Å². The number of nitrogens with zero attached hydrogens (tertiary/aromatic N) is 2. The van der Waals surface area contributed by atoms with Gasteiger partial charge in [-0.2, -0.15) is 26.9 Å². The van der Waals surface area contributed by atoms with Gasteiger partial charge in [0.15, 0.2) is 0 Å². The number of benzene rings is 1. The molecule has 2 amide bonds. The fraction of sp³-hybridized carbons (Fsp3) is 0.500. The molecule has 1 aliphatic heterocycles. The van der Waals surface area contributed by atoms with Gasteiger partial charge in [0.2, 0.25) is 11.8 Å². The van der Waals surface area contributed by atoms with Crippen LogP contribution in [-0.2, 0) is 23.9 Å². The Hall–Kier alpha value is -3.07. The standard InChI is InChI=1S/C22H22F3N3O5S/c23-22(24,25)21(9-10-21)19(30)28-13-15(12-17(28)18(29)27-20(14-26)7-8-20)6-11-33-34(31,32)16-4-2-1-3-5-16/h1-6,11,15,17H,7-10,12-13H2,(H,27,29). The molecule has 2 atom stereocenters. The van der Waals surface area contributed by atoms with Crippen LogP contribution in [0.5, 0.6) is 0 Å². The quantitative estimate of drug-likeness (QED) is 0.457. The smallest absolute Gasteiger partial charge is 0.387 e. The lowest BCUT2D eigenvalue weighted by Gasteiger charge is -2.29. The highest BCUT2D eigenvalue weighted by atomic mass is 32.2. The van der Waals surface area contributed by atoms with Crippen LogP contribution in [0.25, 0.3) is 0 Å². The molecule has 0 bridgehead atoms. The summed E-state index contributed by atoms with van der Waals surface area (Å²) >= 11 is 0. The zero-order valence-corrected chi connectivity index (χ0v) is 18.7. The molecule has 34 heavy (non-hydrogen) atoms. The van der Waals surface area contributed by atoms with Gasteiger partial charge in [0, 0.05) is 12.5 Å². The summed E-state index contributed by atoms with van der Waals surface area (Å²) in [5, 5.41) is 11.8. The molecule has 0 spiro atoms. The maximum atomic E-state index is 13.6. The molecule has 0 aromatic heterocycles. The first-order valence-corrected chi connectivity index (χ1v) is 12.1. The topological polar surface area (TPSA) is 117 Å². The Bertz CT molecular complexity index is 1150. The van der Waals surface area contributed by atoms with Crippen LogP contribution in [0.3, 0.4) is 0 Å². The van der Waals surface area contributed by atoms with Gasteiger partial charge in [-0.15, -0.1) is 0 Å². The summed E-state index contributed by atoms with van der Waals surface area (Å²) in [5.74, 6) is -2.48. The number of hydrogen-bond acceptors (Lipinski definition) is 6. The van der Waals surface area contributed by atoms with Gasteiger partial charge in [0.25, 0.3) is 0 Å². The lowest BCUT2D eigenvalue weighted by molar-refractivity contribution is -0.199. The SMILES string of the molecule is N#CC1(NC(=O)C2CC(C=COS(=O)(=O)c3ccccc3)CN2C(=O)C2(C(F)(F)F)CC2)CC1. The number of nitriles is 1. The van der Waals surface area contributed by atoms with Gasteiger partial charge in [-0.3, -0.25) is 9.59 Å². The summed E-state index contributed by atoms with van der Waals surface area (Å²) < 4.78 is 70.0. The lowest BCUT2D eigenvalue weighted by Crippen LogP contribution is -2.53. The van der Waals surface area contributed by atoms with Gasteiger partial charge in [0.1, 0.15) is 28.2 Å². The molecule has 0 radical (unpaired) electrons. The minimum absolute atomic E-state index is 0.0295. The molecule has 8 nitrogen and oxygen atoms in total. The van der Waals surface area contributed by atoms with Gasteiger partial charge in [-0.25, -0.2) is 0 Å². The first kappa shape index (κ1) is 24.1. The molecular weight excluding hydrogens is 475 g/mol. The molecule has 1 N–H and O–H groups in total. The molecular formula is C22H22F3N3O5S. The third kappa shape index (κ3) is 4.49. The zero-order chi connectivity index (χ0) is 24.8. The van der Waals surface area contributed by atoms with E-state index in [2.05, 4.69) is 5.32 Å². The van der Waals surface area contributed by atoms with Crippen molar-refractivity contribution in [2.24, 2.45) is 11.3 Å². The second-order valence-electron chi connectivity index (χ2n) is 8.92. The number of hydrogen-bond donors (Lipinski definition) is 1. The van der Waals surface area contributed by atoms with Crippen molar-refractivity contribution in [1.82, 2.24) is 10.2 Å². The second-order valence-corrected chi connectivity index (χ2v) is 10.5. The van der Waals surface area contributed by atoms with E-state index in [0.29, 0.717) is 12.8 Å². The largest absolute Gasteiger partial charge is 0.403 e. The number of rotatable bonds is 7. The third-order valence-electron chi connectivity index (χ3n) is 6.49. The Morgan fingerprint density at radius 1 is 1.18 bits per heavy atom. The van der Waals surface area contributed by atoms with Crippen molar-refractivity contribution < 1.29 is 35.4 Å². The van der Waals surface area contributed by atoms with E-state index in [0.717, 1.165) is 11.2 Å². The van der Waals surface area contributed by atoms with E-state index in [9.17, 15) is 36.4 Å². The predicted octanol–water partition coefficient (Wildman–Crippen LogP) is 2.64. The molecule has 12 heteroatoms. The molecule has 2 aliphatic carbocycles. The highest BCUT2D eigenvalue weighted by molar-refractivity contribution is 7.86. The average Bonchev–Trinajstić information content (AvgIpc) is 3.71. The minimum atomic E-state index is -4.74. The normalized spacial score (nSPS) is 24.9. The van der Waals surface area contributed by atoms with E-state index in [4.69, 9.17) is 4.18 Å². The molecule has 2 saturated carbocycles. The Labute approximate surface area is 194 Å². The van der Waals surface area contributed by atoms with Gasteiger partial charge >= 0.3 is 16.3 Å². The number of carbonyl (C=O) groups excluding carboxylic acids is 2. The predicted molar refractivity (Wildman–Crippen MR) is 111 cm³/mol. The van der Waals surface area contributed by atoms with Crippen LogP contribution in [-0.4, -0.2) is 49.4 Å². The van der Waals surface area contributed by atoms with Crippen LogP contribution in [0.1, 0.15) is 32.1 Å². The summed E-state index contributed by atoms with van der Waals surface area (Å²) in [6, 6.07) is 8.13. The van der Waals surface area contributed by atoms with Crippen LogP contribution >= 0.6 is 0 Å². The monoisotopic (exact) mass is 497 g/mol. The number of likely N-dealkylation sites (tertiary alicyclic amines) is 1. The number of halogens is 3. The maximum absolute atomic E-state index is 13.6. The first-order chi connectivity index (χ1) is 15.9. The molecule has 3 fully saturated rings. The third-order valence-corrected chi connectivity index (χ3v) is 7.70. The van der Waals surface area contributed by atoms with Crippen molar-refractivity contribution in [2.45, 2.75) is 54.8 Å². The second kappa shape index (κ2) is 8.30. The summed E-state index contributed by atoms with van der Waals surface area (Å²) in [6.45, 7) is -0.209. The fourth-order valence-electron chi connectivity index (χ4n) is 4.07. The van der Waals surface area contributed by atoms with Crippen molar-refractivity contribution in [2.75, 3.05) is 6.54 Å². The van der Waals surface area contributed by atoms with Crippen molar-refractivity contribution in [3.8, 4) is 6.07 Å². The Morgan fingerprint density at radius 3 is 2.35 bits per heavy atom. The Morgan fingerprint density at radius 2 is 1.82 bits per heavy atom. The fourth-order valence-corrected chi connectivity index (χ4v) is 4.88. The van der Waals surface area contributed by atoms with Crippen LogP contribution in [0, 0.1) is 22.7 Å². The summed E-state index contributed by atoms with van der Waals surface area (Å²) in [6.07, 6.45) is -2.38. The summed E-state index contributed by atoms with van der Waals surface area (Å²) in [4.78, 5) is 26.6. The van der Waals surface area contributed by atoms with Gasteiger partial charge < -0.3 is 14.4 Å². The van der Waals surface area contributed by atoms with Crippen molar-refractivity contribution >= 4 is 21.9 Å². The Kier molecular flexibility index (Phi) is 5.88. The van der Waals surface area contributed by atoms with E-state index >= 15 is 0 Å². The van der Waals surface area contributed by atoms with Crippen molar-refractivity contribution in [1.29, 1.82) is 5.26 Å². The van der Waals surface area contributed by atoms with E-state index in [1.165, 1.54) is 30.3 Å². The number of nitrogens with one attached hydrogen (secondary N) is 1. The minimum Gasteiger partial charge on any atom is -0.387 e. The average molecular weight is 497 g/mol. The van der Waals surface area contributed by atoms with E-state index in [1.54, 1.807) is 6.07 Å². The molecule has 1 saturated heterocycles. The van der Waals surface area contributed by atoms with E-state index in [1.807, 2.05) is 6.07 Å². The maximum Gasteiger partial charge on any atom is 0.403 e. The molecule has 182 valence electrons. The van der Waals surface area contributed by atoms with Crippen molar-refractivity contribution in [3.63, 3.8) is 0 Å². The molecule has 1 aromatic rings. The number of amides is 2.